The van der Waals surface area contributed by atoms with Gasteiger partial charge in [-0.25, -0.2) is 0 Å². The molecule has 0 aromatic carbocycles. The van der Waals surface area contributed by atoms with Gasteiger partial charge in [-0.3, -0.25) is 4.79 Å². The van der Waals surface area contributed by atoms with Crippen LogP contribution < -0.4 is 0 Å². The molecule has 3 fully saturated rings. The molecule has 4 rings (SSSR count). The molecule has 2 bridgehead atoms. The first-order valence-corrected chi connectivity index (χ1v) is 11.4. The summed E-state index contributed by atoms with van der Waals surface area (Å²) in [5.74, 6) is -1.15. The topological polar surface area (TPSA) is 116 Å². The molecule has 4 aliphatic rings. The van der Waals surface area contributed by atoms with Crippen LogP contribution in [0.2, 0.25) is 0 Å². The molecule has 10 atom stereocenters. The predicted molar refractivity (Wildman–Crippen MR) is 113 cm³/mol. The van der Waals surface area contributed by atoms with Crippen LogP contribution in [0.15, 0.2) is 11.1 Å². The molecule has 3 aliphatic carbocycles. The zero-order valence-electron chi connectivity index (χ0n) is 19.7. The van der Waals surface area contributed by atoms with Crippen LogP contribution in [0.3, 0.4) is 0 Å². The summed E-state index contributed by atoms with van der Waals surface area (Å²) < 4.78 is 11.4. The minimum absolute atomic E-state index is 0.164. The van der Waals surface area contributed by atoms with Crippen molar-refractivity contribution in [3.05, 3.63) is 11.1 Å². The molecule has 2 saturated carbocycles. The molecule has 1 saturated heterocycles. The van der Waals surface area contributed by atoms with Crippen molar-refractivity contribution in [2.75, 3.05) is 6.61 Å². The molecule has 7 heteroatoms. The molecule has 1 heterocycles. The van der Waals surface area contributed by atoms with Crippen molar-refractivity contribution in [1.82, 2.24) is 0 Å². The number of carbonyl (C=O) groups excluding carboxylic acids is 1. The molecular weight excluding hydrogens is 400 g/mol. The van der Waals surface area contributed by atoms with E-state index >= 15 is 0 Å². The highest BCUT2D eigenvalue weighted by Gasteiger charge is 2.72. The monoisotopic (exact) mass is 438 g/mol. The van der Waals surface area contributed by atoms with E-state index in [4.69, 9.17) is 9.47 Å². The van der Waals surface area contributed by atoms with E-state index in [1.54, 1.807) is 6.92 Å². The first kappa shape index (κ1) is 23.2. The fourth-order valence-corrected chi connectivity index (χ4v) is 8.01. The van der Waals surface area contributed by atoms with Gasteiger partial charge in [0.25, 0.3) is 0 Å². The lowest BCUT2D eigenvalue weighted by Crippen LogP contribution is -2.75. The number of carbonyl (C=O) groups is 1. The number of aliphatic hydroxyl groups excluding tert-OH is 3. The van der Waals surface area contributed by atoms with Crippen LogP contribution in [0.1, 0.15) is 61.3 Å². The SMILES string of the molecule is CC(=O)O[C@H]1C[C@@]2(O)[C@@H](C)[C@@H]3[C@]4(C)CO[C@@H]4C[C@H](O)[C@@]3(C)[C@@H](O)[C@H](O)C(=C1C)C2(C)C. The highest BCUT2D eigenvalue weighted by Crippen LogP contribution is 2.67. The Hall–Kier alpha value is -0.990. The number of rotatable bonds is 1. The van der Waals surface area contributed by atoms with E-state index < -0.39 is 46.8 Å². The van der Waals surface area contributed by atoms with Crippen molar-refractivity contribution < 1.29 is 34.7 Å². The van der Waals surface area contributed by atoms with Gasteiger partial charge in [0, 0.05) is 36.0 Å². The van der Waals surface area contributed by atoms with Crippen LogP contribution in [-0.2, 0) is 14.3 Å². The lowest BCUT2D eigenvalue weighted by molar-refractivity contribution is -0.328. The highest BCUT2D eigenvalue weighted by molar-refractivity contribution is 5.66. The van der Waals surface area contributed by atoms with Crippen LogP contribution in [0.5, 0.6) is 0 Å². The van der Waals surface area contributed by atoms with Gasteiger partial charge in [-0.15, -0.1) is 0 Å². The second-order valence-corrected chi connectivity index (χ2v) is 11.5. The Morgan fingerprint density at radius 2 is 1.77 bits per heavy atom. The Morgan fingerprint density at radius 3 is 2.29 bits per heavy atom. The maximum atomic E-state index is 12.3. The van der Waals surface area contributed by atoms with Crippen LogP contribution >= 0.6 is 0 Å². The molecule has 176 valence electrons. The van der Waals surface area contributed by atoms with Crippen LogP contribution in [-0.4, -0.2) is 69.1 Å². The molecule has 0 aromatic heterocycles. The van der Waals surface area contributed by atoms with E-state index in [9.17, 15) is 25.2 Å². The molecule has 7 nitrogen and oxygen atoms in total. The molecule has 0 spiro atoms. The van der Waals surface area contributed by atoms with Crippen LogP contribution in [0.25, 0.3) is 0 Å². The number of hydrogen-bond acceptors (Lipinski definition) is 7. The average molecular weight is 439 g/mol. The van der Waals surface area contributed by atoms with Gasteiger partial charge in [0.15, 0.2) is 0 Å². The largest absolute Gasteiger partial charge is 0.458 e. The third kappa shape index (κ3) is 2.67. The zero-order chi connectivity index (χ0) is 23.3. The van der Waals surface area contributed by atoms with E-state index in [1.165, 1.54) is 6.92 Å². The summed E-state index contributed by atoms with van der Waals surface area (Å²) in [7, 11) is 0. The second kappa shape index (κ2) is 6.76. The van der Waals surface area contributed by atoms with Gasteiger partial charge in [0.2, 0.25) is 0 Å². The summed E-state index contributed by atoms with van der Waals surface area (Å²) >= 11 is 0. The standard InChI is InChI=1S/C24H38O7/c1-11-14(31-13(3)25)9-24(29)12(2)19-22(6)10-30-16(22)8-15(26)23(19,7)20(28)18(27)17(11)21(24,4)5/h12,14-16,18-20,26-29H,8-10H2,1-7H3/t12-,14-,15-,16+,18+,19+,20-,22+,23+,24+/m0/s1. The number of hydrogen-bond donors (Lipinski definition) is 4. The normalized spacial score (nSPS) is 53.5. The van der Waals surface area contributed by atoms with E-state index in [-0.39, 0.29) is 29.8 Å². The van der Waals surface area contributed by atoms with Crippen molar-refractivity contribution in [2.45, 2.75) is 97.4 Å². The summed E-state index contributed by atoms with van der Waals surface area (Å²) in [6, 6.07) is 0. The Morgan fingerprint density at radius 1 is 1.16 bits per heavy atom. The fraction of sp³-hybridized carbons (Fsp3) is 0.875. The summed E-state index contributed by atoms with van der Waals surface area (Å²) in [4.78, 5) is 11.8. The van der Waals surface area contributed by atoms with Crippen LogP contribution in [0, 0.1) is 28.1 Å². The van der Waals surface area contributed by atoms with E-state index in [2.05, 4.69) is 6.92 Å². The molecule has 31 heavy (non-hydrogen) atoms. The smallest absolute Gasteiger partial charge is 0.303 e. The van der Waals surface area contributed by atoms with Crippen molar-refractivity contribution in [2.24, 2.45) is 28.1 Å². The fourth-order valence-electron chi connectivity index (χ4n) is 8.01. The number of aliphatic hydroxyl groups is 4. The van der Waals surface area contributed by atoms with Gasteiger partial charge >= 0.3 is 5.97 Å². The first-order chi connectivity index (χ1) is 14.1. The summed E-state index contributed by atoms with van der Waals surface area (Å²) in [6.07, 6.45) is -3.72. The molecule has 0 aromatic rings. The molecule has 0 unspecified atom stereocenters. The van der Waals surface area contributed by atoms with Crippen molar-refractivity contribution in [3.8, 4) is 0 Å². The highest BCUT2D eigenvalue weighted by atomic mass is 16.5. The number of ether oxygens (including phenoxy) is 2. The molecular formula is C24H38O7. The van der Waals surface area contributed by atoms with E-state index in [0.717, 1.165) is 0 Å². The Bertz CT molecular complexity index is 821. The molecule has 1 aliphatic heterocycles. The maximum absolute atomic E-state index is 12.3. The summed E-state index contributed by atoms with van der Waals surface area (Å²) in [5, 5.41) is 46.7. The zero-order valence-corrected chi connectivity index (χ0v) is 19.7. The first-order valence-electron chi connectivity index (χ1n) is 11.4. The van der Waals surface area contributed by atoms with Gasteiger partial charge in [-0.1, -0.05) is 34.6 Å². The van der Waals surface area contributed by atoms with Crippen molar-refractivity contribution in [3.63, 3.8) is 0 Å². The Balaban J connectivity index is 1.98. The number of esters is 1. The Labute approximate surface area is 184 Å². The third-order valence-corrected chi connectivity index (χ3v) is 9.82. The Kier molecular flexibility index (Phi) is 5.06. The lowest BCUT2D eigenvalue weighted by atomic mass is 9.40. The predicted octanol–water partition coefficient (Wildman–Crippen LogP) is 1.56. The van der Waals surface area contributed by atoms with Crippen LogP contribution in [0.4, 0.5) is 0 Å². The van der Waals surface area contributed by atoms with Gasteiger partial charge in [-0.2, -0.15) is 0 Å². The van der Waals surface area contributed by atoms with Gasteiger partial charge in [-0.05, 0) is 29.9 Å². The molecule has 4 N–H and O–H groups in total. The van der Waals surface area contributed by atoms with Crippen molar-refractivity contribution >= 4 is 5.97 Å². The number of fused-ring (bicyclic) bond motifs is 5. The summed E-state index contributed by atoms with van der Waals surface area (Å²) in [6.45, 7) is 13.3. The van der Waals surface area contributed by atoms with E-state index in [0.29, 0.717) is 24.2 Å². The van der Waals surface area contributed by atoms with Gasteiger partial charge in [0.1, 0.15) is 12.2 Å². The quantitative estimate of drug-likeness (QED) is 0.363. The van der Waals surface area contributed by atoms with Crippen molar-refractivity contribution in [1.29, 1.82) is 0 Å². The van der Waals surface area contributed by atoms with E-state index in [1.807, 2.05) is 27.7 Å². The van der Waals surface area contributed by atoms with Gasteiger partial charge < -0.3 is 29.9 Å². The minimum Gasteiger partial charge on any atom is -0.458 e. The molecule has 0 radical (unpaired) electrons. The molecule has 0 amide bonds. The maximum Gasteiger partial charge on any atom is 0.303 e. The average Bonchev–Trinajstić information content (AvgIpc) is 2.66. The lowest BCUT2D eigenvalue weighted by Gasteiger charge is -2.70. The van der Waals surface area contributed by atoms with Gasteiger partial charge in [0.05, 0.1) is 30.5 Å². The minimum atomic E-state index is -1.34. The third-order valence-electron chi connectivity index (χ3n) is 9.82. The second-order valence-electron chi connectivity index (χ2n) is 11.5. The summed E-state index contributed by atoms with van der Waals surface area (Å²) in [5.41, 5.74) is -2.46.